The molecule has 0 unspecified atom stereocenters. The van der Waals surface area contributed by atoms with Crippen LogP contribution >= 0.6 is 0 Å². The van der Waals surface area contributed by atoms with Crippen LogP contribution < -0.4 is 0 Å². The molecule has 3 fully saturated rings. The molecule has 2 spiro atoms. The third-order valence-electron chi connectivity index (χ3n) is 7.03. The molecule has 5 heteroatoms. The zero-order valence-electron chi connectivity index (χ0n) is 13.7. The summed E-state index contributed by atoms with van der Waals surface area (Å²) in [5.74, 6) is -0.340. The Balaban J connectivity index is 1.69. The molecule has 0 radical (unpaired) electrons. The summed E-state index contributed by atoms with van der Waals surface area (Å²) < 4.78 is 11.5. The highest BCUT2D eigenvalue weighted by molar-refractivity contribution is 5.94. The molecule has 2 aliphatic heterocycles. The van der Waals surface area contributed by atoms with Gasteiger partial charge in [-0.25, -0.2) is 4.79 Å². The summed E-state index contributed by atoms with van der Waals surface area (Å²) in [6.07, 6.45) is 5.17. The normalized spacial score (nSPS) is 50.5. The predicted molar refractivity (Wildman–Crippen MR) is 84.9 cm³/mol. The third-order valence-corrected chi connectivity index (χ3v) is 7.03. The van der Waals surface area contributed by atoms with Crippen LogP contribution in [0.3, 0.4) is 0 Å². The van der Waals surface area contributed by atoms with Gasteiger partial charge in [0.15, 0.2) is 0 Å². The van der Waals surface area contributed by atoms with E-state index >= 15 is 0 Å². The Kier molecular flexibility index (Phi) is 2.61. The largest absolute Gasteiger partial charge is 0.463 e. The second kappa shape index (κ2) is 4.21. The Morgan fingerprint density at radius 2 is 2.33 bits per heavy atom. The minimum atomic E-state index is -0.890. The number of hydrogen-bond acceptors (Lipinski definition) is 5. The topological polar surface area (TPSA) is 76.0 Å². The van der Waals surface area contributed by atoms with Gasteiger partial charge in [0.05, 0.1) is 23.9 Å². The van der Waals surface area contributed by atoms with Gasteiger partial charge >= 0.3 is 5.97 Å². The Labute approximate surface area is 140 Å². The molecule has 6 atom stereocenters. The van der Waals surface area contributed by atoms with Gasteiger partial charge in [-0.2, -0.15) is 0 Å². The number of esters is 1. The van der Waals surface area contributed by atoms with Gasteiger partial charge in [-0.05, 0) is 44.3 Å². The zero-order valence-corrected chi connectivity index (χ0v) is 13.7. The van der Waals surface area contributed by atoms with Crippen LogP contribution in [0.5, 0.6) is 0 Å². The molecule has 0 amide bonds. The molecule has 24 heavy (non-hydrogen) atoms. The minimum Gasteiger partial charge on any atom is -0.463 e. The van der Waals surface area contributed by atoms with E-state index < -0.39 is 34.8 Å². The number of ether oxygens (including phenoxy) is 2. The van der Waals surface area contributed by atoms with Gasteiger partial charge in [0.2, 0.25) is 0 Å². The summed E-state index contributed by atoms with van der Waals surface area (Å²) in [6, 6.07) is 0. The fourth-order valence-electron chi connectivity index (χ4n) is 6.16. The molecule has 0 saturated heterocycles. The molecule has 5 nitrogen and oxygen atoms in total. The second-order valence-corrected chi connectivity index (χ2v) is 7.95. The monoisotopic (exact) mass is 330 g/mol. The summed E-state index contributed by atoms with van der Waals surface area (Å²) in [5.41, 5.74) is -0.139. The summed E-state index contributed by atoms with van der Waals surface area (Å²) in [6.45, 7) is 6.13. The average molecular weight is 330 g/mol. The maximum absolute atomic E-state index is 12.5. The standard InChI is InChI=1S/C19H22O5/c1-3-23-16(21)13-11-4-7-19(24-11)12-5-6-18(22)9-17(12,8-10(18)2)15(20)14(13)19/h4,7,11-12,15,20,22H,2-3,5-6,8-9H2,1H3/t11-,12+,15-,17-,18-,19-/m0/s1. The summed E-state index contributed by atoms with van der Waals surface area (Å²) in [5, 5.41) is 22.1. The van der Waals surface area contributed by atoms with Crippen LogP contribution in [0.4, 0.5) is 0 Å². The molecule has 2 heterocycles. The zero-order chi connectivity index (χ0) is 16.9. The molecule has 3 saturated carbocycles. The number of carbonyl (C=O) groups excluding carboxylic acids is 1. The summed E-state index contributed by atoms with van der Waals surface area (Å²) in [4.78, 5) is 12.5. The maximum Gasteiger partial charge on any atom is 0.337 e. The Morgan fingerprint density at radius 3 is 3.08 bits per heavy atom. The van der Waals surface area contributed by atoms with Crippen molar-refractivity contribution in [3.8, 4) is 0 Å². The first-order chi connectivity index (χ1) is 11.4. The van der Waals surface area contributed by atoms with E-state index in [2.05, 4.69) is 6.58 Å². The van der Waals surface area contributed by atoms with Gasteiger partial charge < -0.3 is 19.7 Å². The van der Waals surface area contributed by atoms with Crippen LogP contribution in [0.25, 0.3) is 0 Å². The molecule has 0 aromatic heterocycles. The third kappa shape index (κ3) is 1.38. The number of hydrogen-bond donors (Lipinski definition) is 2. The van der Waals surface area contributed by atoms with E-state index in [9.17, 15) is 15.0 Å². The molecular formula is C19H22O5. The Morgan fingerprint density at radius 1 is 1.54 bits per heavy atom. The van der Waals surface area contributed by atoms with Crippen molar-refractivity contribution in [2.24, 2.45) is 11.3 Å². The van der Waals surface area contributed by atoms with E-state index in [4.69, 9.17) is 9.47 Å². The lowest BCUT2D eigenvalue weighted by molar-refractivity contribution is -0.140. The van der Waals surface area contributed by atoms with Crippen LogP contribution in [-0.2, 0) is 14.3 Å². The highest BCUT2D eigenvalue weighted by atomic mass is 16.5. The van der Waals surface area contributed by atoms with Gasteiger partial charge in [-0.15, -0.1) is 0 Å². The van der Waals surface area contributed by atoms with Gasteiger partial charge in [0.1, 0.15) is 11.7 Å². The van der Waals surface area contributed by atoms with Crippen molar-refractivity contribution in [3.05, 3.63) is 35.5 Å². The van der Waals surface area contributed by atoms with E-state index in [0.717, 1.165) is 12.0 Å². The average Bonchev–Trinajstić information content (AvgIpc) is 3.19. The fourth-order valence-corrected chi connectivity index (χ4v) is 6.16. The lowest BCUT2D eigenvalue weighted by Crippen LogP contribution is -2.46. The van der Waals surface area contributed by atoms with Crippen molar-refractivity contribution >= 4 is 5.97 Å². The molecule has 3 aliphatic carbocycles. The quantitative estimate of drug-likeness (QED) is 0.591. The van der Waals surface area contributed by atoms with Crippen molar-refractivity contribution in [1.82, 2.24) is 0 Å². The van der Waals surface area contributed by atoms with Crippen LogP contribution in [0.15, 0.2) is 35.5 Å². The lowest BCUT2D eigenvalue weighted by Gasteiger charge is -2.43. The van der Waals surface area contributed by atoms with Crippen LogP contribution in [-0.4, -0.2) is 46.2 Å². The fraction of sp³-hybridized carbons (Fsp3) is 0.632. The molecule has 0 aromatic rings. The van der Waals surface area contributed by atoms with Crippen LogP contribution in [0, 0.1) is 11.3 Å². The van der Waals surface area contributed by atoms with Gasteiger partial charge in [-0.1, -0.05) is 12.7 Å². The number of aliphatic hydroxyl groups excluding tert-OH is 1. The lowest BCUT2D eigenvalue weighted by atomic mass is 9.64. The summed E-state index contributed by atoms with van der Waals surface area (Å²) in [7, 11) is 0. The first-order valence-corrected chi connectivity index (χ1v) is 8.75. The maximum atomic E-state index is 12.5. The number of carbonyl (C=O) groups is 1. The van der Waals surface area contributed by atoms with Gasteiger partial charge in [-0.3, -0.25) is 0 Å². The van der Waals surface area contributed by atoms with Crippen molar-refractivity contribution < 1.29 is 24.5 Å². The predicted octanol–water partition coefficient (Wildman–Crippen LogP) is 1.41. The van der Waals surface area contributed by atoms with E-state index in [0.29, 0.717) is 37.0 Å². The van der Waals surface area contributed by atoms with E-state index in [1.807, 2.05) is 12.2 Å². The molecule has 0 aromatic carbocycles. The Bertz CT molecular complexity index is 736. The molecular weight excluding hydrogens is 308 g/mol. The number of aliphatic hydroxyl groups is 2. The van der Waals surface area contributed by atoms with E-state index in [1.165, 1.54) is 0 Å². The second-order valence-electron chi connectivity index (χ2n) is 7.95. The van der Waals surface area contributed by atoms with E-state index in [1.54, 1.807) is 6.92 Å². The smallest absolute Gasteiger partial charge is 0.337 e. The number of rotatable bonds is 2. The molecule has 128 valence electrons. The molecule has 2 N–H and O–H groups in total. The minimum absolute atomic E-state index is 0.0581. The Hall–Kier alpha value is -1.43. The highest BCUT2D eigenvalue weighted by Crippen LogP contribution is 2.72. The first kappa shape index (κ1) is 14.9. The van der Waals surface area contributed by atoms with E-state index in [-0.39, 0.29) is 5.92 Å². The van der Waals surface area contributed by atoms with Crippen LogP contribution in [0.2, 0.25) is 0 Å². The molecule has 5 rings (SSSR count). The first-order valence-electron chi connectivity index (χ1n) is 8.75. The van der Waals surface area contributed by atoms with Gasteiger partial charge in [0, 0.05) is 16.9 Å². The number of fused-ring (bicyclic) bond motifs is 2. The molecule has 5 aliphatic rings. The van der Waals surface area contributed by atoms with Crippen molar-refractivity contribution in [1.29, 1.82) is 0 Å². The SMILES string of the molecule is C=C1C[C@]23C[C@@]1(O)CC[C@H]2[C@]12C=C[C@H](O1)C(C(=O)OCC)=C2[C@@H]3O. The molecule has 4 bridgehead atoms. The van der Waals surface area contributed by atoms with Crippen molar-refractivity contribution in [2.45, 2.75) is 56.0 Å². The highest BCUT2D eigenvalue weighted by Gasteiger charge is 2.75. The van der Waals surface area contributed by atoms with Gasteiger partial charge in [0.25, 0.3) is 0 Å². The van der Waals surface area contributed by atoms with Crippen LogP contribution in [0.1, 0.15) is 32.6 Å². The van der Waals surface area contributed by atoms with Crippen molar-refractivity contribution in [2.75, 3.05) is 6.61 Å². The summed E-state index contributed by atoms with van der Waals surface area (Å²) >= 11 is 0. The van der Waals surface area contributed by atoms with Crippen molar-refractivity contribution in [3.63, 3.8) is 0 Å².